The van der Waals surface area contributed by atoms with E-state index in [4.69, 9.17) is 10.3 Å². The molecule has 70 valence electrons. The number of hydrogen-bond acceptors (Lipinski definition) is 5. The van der Waals surface area contributed by atoms with Gasteiger partial charge in [0.05, 0.1) is 10.6 Å². The molecular formula is C7H7NO3S2. The van der Waals surface area contributed by atoms with Gasteiger partial charge in [-0.15, -0.1) is 11.3 Å². The van der Waals surface area contributed by atoms with Gasteiger partial charge < -0.3 is 10.3 Å². The van der Waals surface area contributed by atoms with Gasteiger partial charge in [-0.25, -0.2) is 0 Å². The van der Waals surface area contributed by atoms with E-state index < -0.39 is 5.97 Å². The first-order valence-corrected chi connectivity index (χ1v) is 5.21. The predicted octanol–water partition coefficient (Wildman–Crippen LogP) is 1.70. The van der Waals surface area contributed by atoms with E-state index in [-0.39, 0.29) is 5.75 Å². The van der Waals surface area contributed by atoms with E-state index in [1.807, 2.05) is 11.4 Å². The summed E-state index contributed by atoms with van der Waals surface area (Å²) in [5.74, 6) is -1.03. The first-order chi connectivity index (χ1) is 6.24. The molecule has 1 aromatic heterocycles. The van der Waals surface area contributed by atoms with Crippen molar-refractivity contribution in [1.82, 2.24) is 0 Å². The zero-order valence-corrected chi connectivity index (χ0v) is 8.14. The Hall–Kier alpha value is -1.01. The van der Waals surface area contributed by atoms with Gasteiger partial charge in [-0.1, -0.05) is 23.0 Å². The van der Waals surface area contributed by atoms with Crippen molar-refractivity contribution in [2.45, 2.75) is 0 Å². The summed E-state index contributed by atoms with van der Waals surface area (Å²) in [7, 11) is 0. The van der Waals surface area contributed by atoms with Crippen LogP contribution < -0.4 is 0 Å². The Bertz CT molecular complexity index is 308. The highest BCUT2D eigenvalue weighted by atomic mass is 32.2. The van der Waals surface area contributed by atoms with E-state index in [9.17, 15) is 4.79 Å². The highest BCUT2D eigenvalue weighted by molar-refractivity contribution is 8.15. The maximum absolute atomic E-state index is 10.2. The fourth-order valence-electron chi connectivity index (χ4n) is 0.680. The fourth-order valence-corrected chi connectivity index (χ4v) is 2.13. The van der Waals surface area contributed by atoms with Crippen molar-refractivity contribution >= 4 is 34.1 Å². The third-order valence-electron chi connectivity index (χ3n) is 1.16. The molecule has 1 rings (SSSR count). The van der Waals surface area contributed by atoms with E-state index in [1.165, 1.54) is 11.3 Å². The van der Waals surface area contributed by atoms with Gasteiger partial charge in [-0.05, 0) is 11.4 Å². The molecule has 0 fully saturated rings. The van der Waals surface area contributed by atoms with Crippen LogP contribution in [0.15, 0.2) is 22.7 Å². The van der Waals surface area contributed by atoms with Crippen molar-refractivity contribution in [3.63, 3.8) is 0 Å². The Morgan fingerprint density at radius 3 is 2.92 bits per heavy atom. The number of carboxylic acid groups (broad SMARTS) is 1. The first-order valence-electron chi connectivity index (χ1n) is 3.34. The monoisotopic (exact) mass is 217 g/mol. The van der Waals surface area contributed by atoms with Gasteiger partial charge >= 0.3 is 5.97 Å². The summed E-state index contributed by atoms with van der Waals surface area (Å²) in [4.78, 5) is 11.0. The van der Waals surface area contributed by atoms with Crippen molar-refractivity contribution in [2.24, 2.45) is 5.16 Å². The van der Waals surface area contributed by atoms with E-state index >= 15 is 0 Å². The lowest BCUT2D eigenvalue weighted by Gasteiger charge is -1.97. The number of rotatable bonds is 3. The highest BCUT2D eigenvalue weighted by Gasteiger charge is 2.08. The number of carbonyl (C=O) groups is 1. The number of carboxylic acids is 1. The second kappa shape index (κ2) is 4.88. The van der Waals surface area contributed by atoms with Gasteiger partial charge in [-0.2, -0.15) is 0 Å². The third-order valence-corrected chi connectivity index (χ3v) is 3.13. The molecule has 0 bridgehead atoms. The first kappa shape index (κ1) is 10.1. The van der Waals surface area contributed by atoms with Gasteiger partial charge in [0.15, 0.2) is 5.04 Å². The summed E-state index contributed by atoms with van der Waals surface area (Å²) in [5, 5.41) is 22.2. The molecule has 6 heteroatoms. The van der Waals surface area contributed by atoms with E-state index in [2.05, 4.69) is 5.16 Å². The molecule has 0 saturated carbocycles. The largest absolute Gasteiger partial charge is 0.481 e. The summed E-state index contributed by atoms with van der Waals surface area (Å²) in [6.07, 6.45) is 0. The number of aliphatic carboxylic acids is 1. The Labute approximate surface area is 82.9 Å². The van der Waals surface area contributed by atoms with E-state index in [0.717, 1.165) is 16.6 Å². The van der Waals surface area contributed by atoms with Crippen LogP contribution in [0, 0.1) is 0 Å². The van der Waals surface area contributed by atoms with Crippen LogP contribution in [0.3, 0.4) is 0 Å². The lowest BCUT2D eigenvalue weighted by atomic mass is 10.5. The van der Waals surface area contributed by atoms with Crippen LogP contribution in [0.2, 0.25) is 0 Å². The molecule has 4 nitrogen and oxygen atoms in total. The van der Waals surface area contributed by atoms with Crippen LogP contribution in [-0.4, -0.2) is 27.1 Å². The van der Waals surface area contributed by atoms with Crippen LogP contribution in [-0.2, 0) is 4.79 Å². The number of nitrogens with zero attached hydrogens (tertiary/aromatic N) is 1. The minimum atomic E-state index is -0.928. The quantitative estimate of drug-likeness (QED) is 0.350. The molecule has 0 aromatic carbocycles. The van der Waals surface area contributed by atoms with Crippen molar-refractivity contribution in [1.29, 1.82) is 0 Å². The average Bonchev–Trinajstić information content (AvgIpc) is 2.58. The Balaban J connectivity index is 2.60. The minimum absolute atomic E-state index is 0.0999. The number of thiophene rings is 1. The second-order valence-electron chi connectivity index (χ2n) is 2.06. The Morgan fingerprint density at radius 2 is 2.46 bits per heavy atom. The van der Waals surface area contributed by atoms with Crippen molar-refractivity contribution in [3.8, 4) is 0 Å². The number of oxime groups is 1. The van der Waals surface area contributed by atoms with Crippen LogP contribution >= 0.6 is 23.1 Å². The van der Waals surface area contributed by atoms with E-state index in [0.29, 0.717) is 5.04 Å². The maximum atomic E-state index is 10.2. The third kappa shape index (κ3) is 3.08. The summed E-state index contributed by atoms with van der Waals surface area (Å²) in [6.45, 7) is 0. The lowest BCUT2D eigenvalue weighted by Crippen LogP contribution is -2.02. The van der Waals surface area contributed by atoms with Gasteiger partial charge in [-0.3, -0.25) is 4.79 Å². The SMILES string of the molecule is O=C(O)CS/C(=N\O)c1cccs1. The summed E-state index contributed by atoms with van der Waals surface area (Å²) < 4.78 is 0. The van der Waals surface area contributed by atoms with Gasteiger partial charge in [0.25, 0.3) is 0 Å². The van der Waals surface area contributed by atoms with Crippen LogP contribution in [0.5, 0.6) is 0 Å². The maximum Gasteiger partial charge on any atom is 0.313 e. The molecule has 0 radical (unpaired) electrons. The Kier molecular flexibility index (Phi) is 3.78. The van der Waals surface area contributed by atoms with Crippen molar-refractivity contribution in [3.05, 3.63) is 22.4 Å². The molecule has 0 saturated heterocycles. The van der Waals surface area contributed by atoms with Gasteiger partial charge in [0, 0.05) is 0 Å². The molecule has 2 N–H and O–H groups in total. The molecule has 0 spiro atoms. The van der Waals surface area contributed by atoms with Crippen LogP contribution in [0.1, 0.15) is 4.88 Å². The summed E-state index contributed by atoms with van der Waals surface area (Å²) >= 11 is 2.40. The Morgan fingerprint density at radius 1 is 1.69 bits per heavy atom. The summed E-state index contributed by atoms with van der Waals surface area (Å²) in [6, 6.07) is 3.58. The molecule has 0 aliphatic rings. The van der Waals surface area contributed by atoms with Crippen molar-refractivity contribution in [2.75, 3.05) is 5.75 Å². The fraction of sp³-hybridized carbons (Fsp3) is 0.143. The van der Waals surface area contributed by atoms with Gasteiger partial charge in [0.1, 0.15) is 0 Å². The average molecular weight is 217 g/mol. The molecule has 0 unspecified atom stereocenters. The topological polar surface area (TPSA) is 69.9 Å². The normalized spacial score (nSPS) is 11.5. The van der Waals surface area contributed by atoms with Crippen LogP contribution in [0.25, 0.3) is 0 Å². The molecule has 1 heterocycles. The zero-order valence-electron chi connectivity index (χ0n) is 6.51. The van der Waals surface area contributed by atoms with Gasteiger partial charge in [0.2, 0.25) is 0 Å². The smallest absolute Gasteiger partial charge is 0.313 e. The number of thioether (sulfide) groups is 1. The molecule has 0 amide bonds. The lowest BCUT2D eigenvalue weighted by molar-refractivity contribution is -0.133. The zero-order chi connectivity index (χ0) is 9.68. The molecule has 13 heavy (non-hydrogen) atoms. The van der Waals surface area contributed by atoms with E-state index in [1.54, 1.807) is 6.07 Å². The molecule has 1 aromatic rings. The summed E-state index contributed by atoms with van der Waals surface area (Å²) in [5.41, 5.74) is 0. The predicted molar refractivity (Wildman–Crippen MR) is 52.7 cm³/mol. The van der Waals surface area contributed by atoms with Crippen molar-refractivity contribution < 1.29 is 15.1 Å². The minimum Gasteiger partial charge on any atom is -0.481 e. The molecular weight excluding hydrogens is 210 g/mol. The van der Waals surface area contributed by atoms with Crippen LogP contribution in [0.4, 0.5) is 0 Å². The molecule has 0 aliphatic carbocycles. The number of hydrogen-bond donors (Lipinski definition) is 2. The molecule has 0 aliphatic heterocycles. The molecule has 0 atom stereocenters. The second-order valence-corrected chi connectivity index (χ2v) is 3.98. The standard InChI is InChI=1S/C7H7NO3S2/c9-6(10)4-13-7(8-11)5-2-1-3-12-5/h1-3,11H,4H2,(H,9,10)/b8-7-. The highest BCUT2D eigenvalue weighted by Crippen LogP contribution is 2.18.